The second-order valence-electron chi connectivity index (χ2n) is 14.8. The van der Waals surface area contributed by atoms with Gasteiger partial charge in [-0.05, 0) is 127 Å². The minimum atomic E-state index is -4.90. The first-order chi connectivity index (χ1) is 33.4. The van der Waals surface area contributed by atoms with Crippen molar-refractivity contribution in [1.82, 2.24) is 4.72 Å². The van der Waals surface area contributed by atoms with Crippen molar-refractivity contribution in [3.63, 3.8) is 0 Å². The zero-order chi connectivity index (χ0) is 51.5. The van der Waals surface area contributed by atoms with Crippen LogP contribution in [0.4, 0.5) is 45.5 Å². The van der Waals surface area contributed by atoms with Crippen molar-refractivity contribution in [2.45, 2.75) is 19.6 Å². The Bertz CT molecular complexity index is 3910. The average Bonchev–Trinajstić information content (AvgIpc) is 3.31. The SMILES string of the molecule is CNS(=O)(=O)c1ccc(O)c(N=Nc2c(S(=O)(=O)O)cc3cc(Nc4ccccc4)ccc3c2O)c1.O=S(=O)(O)c1ccc(O)c(N=Nc2c(S(=O)(=O)O)cc3cc(Nc4ccccc4)ccc3c2O)c1.[Co]. The summed E-state index contributed by atoms with van der Waals surface area (Å²) < 4.78 is 126. The number of hydrogen-bond donors (Lipinski definition) is 10. The average molecular weight is 1100 g/mol. The molecule has 0 aromatic heterocycles. The van der Waals surface area contributed by atoms with E-state index in [9.17, 15) is 67.8 Å². The standard InChI is InChI=1S/C23H20N4O7S2.C22H17N3O8S2.Co/c1-24-35(30,31)17-8-10-20(28)19(13-17)26-27-22-21(36(32,33)34)12-14-11-16(7-9-18(14)23(22)29)25-15-5-3-2-4-6-15;26-19-9-7-16(34(28,29)30)12-18(19)24-25-21-20(35(31,32)33)11-13-10-15(6-8-17(13)22(21)27)23-14-4-2-1-3-5-14;/h2-13,24-25,28-29H,1H3,(H,32,33,34);1-12,23,26-27H,(H,28,29,30)(H,31,32,33);. The second kappa shape index (κ2) is 21.4. The number of phenols is 4. The van der Waals surface area contributed by atoms with E-state index in [0.29, 0.717) is 11.4 Å². The van der Waals surface area contributed by atoms with Gasteiger partial charge in [-0.1, -0.05) is 36.4 Å². The van der Waals surface area contributed by atoms with Gasteiger partial charge in [0.2, 0.25) is 10.0 Å². The number of nitrogens with zero attached hydrogens (tertiary/aromatic N) is 4. The van der Waals surface area contributed by atoms with E-state index in [1.807, 2.05) is 60.7 Å². The molecule has 0 heterocycles. The molecule has 27 heteroatoms. The molecule has 22 nitrogen and oxygen atoms in total. The molecule has 0 unspecified atom stereocenters. The maximum atomic E-state index is 12.1. The van der Waals surface area contributed by atoms with Crippen LogP contribution in [0.15, 0.2) is 186 Å². The first kappa shape index (κ1) is 53.8. The number of fused-ring (bicyclic) bond motifs is 2. The molecule has 0 bridgehead atoms. The van der Waals surface area contributed by atoms with Crippen molar-refractivity contribution < 1.29 is 84.5 Å². The Morgan fingerprint density at radius 1 is 0.417 bits per heavy atom. The number of nitrogens with one attached hydrogen (secondary N) is 3. The number of rotatable bonds is 13. The van der Waals surface area contributed by atoms with Crippen LogP contribution in [0.3, 0.4) is 0 Å². The predicted octanol–water partition coefficient (Wildman–Crippen LogP) is 9.47. The van der Waals surface area contributed by atoms with Crippen LogP contribution in [0.2, 0.25) is 0 Å². The van der Waals surface area contributed by atoms with Crippen molar-refractivity contribution in [1.29, 1.82) is 0 Å². The quantitative estimate of drug-likeness (QED) is 0.0379. The maximum Gasteiger partial charge on any atom is 0.296 e. The van der Waals surface area contributed by atoms with E-state index in [1.165, 1.54) is 19.2 Å². The van der Waals surface area contributed by atoms with Crippen molar-refractivity contribution in [2.24, 2.45) is 20.5 Å². The number of para-hydroxylation sites is 2. The third kappa shape index (κ3) is 12.5. The maximum absolute atomic E-state index is 12.1. The fourth-order valence-corrected chi connectivity index (χ4v) is 9.21. The fraction of sp³-hybridized carbons (Fsp3) is 0.0222. The van der Waals surface area contributed by atoms with E-state index in [-0.39, 0.29) is 48.9 Å². The van der Waals surface area contributed by atoms with Gasteiger partial charge in [-0.3, -0.25) is 13.7 Å². The second-order valence-corrected chi connectivity index (χ2v) is 20.9. The summed E-state index contributed by atoms with van der Waals surface area (Å²) in [5.41, 5.74) is 0.738. The van der Waals surface area contributed by atoms with Gasteiger partial charge in [0.15, 0.2) is 11.5 Å². The molecule has 72 heavy (non-hydrogen) atoms. The van der Waals surface area contributed by atoms with Crippen LogP contribution in [0.1, 0.15) is 0 Å². The molecule has 8 aromatic carbocycles. The molecule has 8 rings (SSSR count). The number of anilines is 4. The molecule has 0 spiro atoms. The summed E-state index contributed by atoms with van der Waals surface area (Å²) >= 11 is 0. The molecule has 0 saturated heterocycles. The monoisotopic (exact) mass is 1100 g/mol. The Kier molecular flexibility index (Phi) is 16.0. The van der Waals surface area contributed by atoms with Crippen LogP contribution in [-0.4, -0.2) is 74.8 Å². The summed E-state index contributed by atoms with van der Waals surface area (Å²) in [6.07, 6.45) is 0. The van der Waals surface area contributed by atoms with Crippen molar-refractivity contribution >= 4 is 107 Å². The topological polar surface area (TPSA) is 364 Å². The molecule has 1 radical (unpaired) electrons. The summed E-state index contributed by atoms with van der Waals surface area (Å²) in [6.45, 7) is 0. The molecular weight excluding hydrogens is 1070 g/mol. The number of phenolic OH excluding ortho intramolecular Hbond substituents is 4. The molecule has 375 valence electrons. The van der Waals surface area contributed by atoms with Crippen molar-refractivity contribution in [2.75, 3.05) is 17.7 Å². The zero-order valence-electron chi connectivity index (χ0n) is 36.5. The Labute approximate surface area is 420 Å². The number of azo groups is 2. The minimum absolute atomic E-state index is 0. The summed E-state index contributed by atoms with van der Waals surface area (Å²) in [5.74, 6) is -2.20. The first-order valence-corrected chi connectivity index (χ1v) is 25.8. The van der Waals surface area contributed by atoms with Crippen molar-refractivity contribution in [3.05, 3.63) is 146 Å². The Balaban J connectivity index is 0.000000232. The normalized spacial score (nSPS) is 12.1. The molecule has 0 atom stereocenters. The third-order valence-electron chi connectivity index (χ3n) is 10.1. The molecule has 0 aliphatic rings. The van der Waals surface area contributed by atoms with Crippen LogP contribution < -0.4 is 15.4 Å². The molecule has 8 aromatic rings. The van der Waals surface area contributed by atoms with Crippen LogP contribution >= 0.6 is 0 Å². The molecule has 10 N–H and O–H groups in total. The number of hydrogen-bond acceptors (Lipinski definition) is 18. The molecule has 0 amide bonds. The Hall–Kier alpha value is -7.57. The van der Waals surface area contributed by atoms with Crippen LogP contribution in [0, 0.1) is 0 Å². The van der Waals surface area contributed by atoms with Gasteiger partial charge in [0.25, 0.3) is 30.4 Å². The minimum Gasteiger partial charge on any atom is -0.506 e. The smallest absolute Gasteiger partial charge is 0.296 e. The summed E-state index contributed by atoms with van der Waals surface area (Å²) in [5, 5.41) is 63.5. The van der Waals surface area contributed by atoms with Gasteiger partial charge < -0.3 is 31.1 Å². The van der Waals surface area contributed by atoms with Gasteiger partial charge in [-0.2, -0.15) is 25.3 Å². The Morgan fingerprint density at radius 3 is 1.18 bits per heavy atom. The van der Waals surface area contributed by atoms with Crippen molar-refractivity contribution in [3.8, 4) is 23.0 Å². The first-order valence-electron chi connectivity index (χ1n) is 20.0. The van der Waals surface area contributed by atoms with Crippen LogP contribution in [0.5, 0.6) is 23.0 Å². The number of aromatic hydroxyl groups is 4. The fourth-order valence-electron chi connectivity index (χ4n) is 6.64. The van der Waals surface area contributed by atoms with E-state index >= 15 is 0 Å². The third-order valence-corrected chi connectivity index (χ3v) is 14.1. The molecule has 0 aliphatic carbocycles. The summed E-state index contributed by atoms with van der Waals surface area (Å²) in [7, 11) is -17.1. The van der Waals surface area contributed by atoms with E-state index in [2.05, 4.69) is 35.8 Å². The number of sulfonamides is 1. The van der Waals surface area contributed by atoms with Gasteiger partial charge >= 0.3 is 0 Å². The Morgan fingerprint density at radius 2 is 0.806 bits per heavy atom. The van der Waals surface area contributed by atoms with Crippen LogP contribution in [-0.2, 0) is 57.2 Å². The molecule has 0 aliphatic heterocycles. The van der Waals surface area contributed by atoms with Gasteiger partial charge in [0.05, 0.1) is 9.79 Å². The van der Waals surface area contributed by atoms with E-state index < -0.39 is 95.1 Å². The zero-order valence-corrected chi connectivity index (χ0v) is 40.8. The van der Waals surface area contributed by atoms with Gasteiger partial charge in [-0.15, -0.1) is 20.5 Å². The van der Waals surface area contributed by atoms with Gasteiger partial charge in [-0.25, -0.2) is 13.1 Å². The van der Waals surface area contributed by atoms with E-state index in [0.717, 1.165) is 59.9 Å². The van der Waals surface area contributed by atoms with Crippen LogP contribution in [0.25, 0.3) is 21.5 Å². The number of benzene rings is 8. The molecule has 0 saturated carbocycles. The van der Waals surface area contributed by atoms with Gasteiger partial charge in [0.1, 0.15) is 44.0 Å². The predicted molar refractivity (Wildman–Crippen MR) is 261 cm³/mol. The van der Waals surface area contributed by atoms with Gasteiger partial charge in [0, 0.05) is 50.3 Å². The van der Waals surface area contributed by atoms with E-state index in [1.54, 1.807) is 24.3 Å². The van der Waals surface area contributed by atoms with E-state index in [4.69, 9.17) is 0 Å². The largest absolute Gasteiger partial charge is 0.506 e. The summed E-state index contributed by atoms with van der Waals surface area (Å²) in [6, 6.07) is 35.9. The molecular formula is C45H37CoN7O15S4. The summed E-state index contributed by atoms with van der Waals surface area (Å²) in [4.78, 5) is -2.33. The molecule has 0 fully saturated rings.